The Morgan fingerprint density at radius 1 is 1.00 bits per heavy atom. The van der Waals surface area contributed by atoms with Gasteiger partial charge in [0.2, 0.25) is 5.52 Å². The van der Waals surface area contributed by atoms with Crippen LogP contribution in [0.5, 0.6) is 0 Å². The molecule has 0 aliphatic heterocycles. The van der Waals surface area contributed by atoms with E-state index in [-0.39, 0.29) is 0 Å². The number of nitrogens with zero attached hydrogens (tertiary/aromatic N) is 2. The van der Waals surface area contributed by atoms with Gasteiger partial charge in [0, 0.05) is 30.6 Å². The SMILES string of the molecule is CC[n+]1c(C=CC=C2CCCCC2)sc2cccc(C=CN(C)c3cccc(C)c3C)c21. The summed E-state index contributed by atoms with van der Waals surface area (Å²) in [4.78, 5) is 2.22. The van der Waals surface area contributed by atoms with Crippen molar-refractivity contribution >= 4 is 39.4 Å². The molecule has 1 saturated carbocycles. The maximum Gasteiger partial charge on any atom is 0.262 e. The maximum atomic E-state index is 2.45. The summed E-state index contributed by atoms with van der Waals surface area (Å²) >= 11 is 1.88. The van der Waals surface area contributed by atoms with Crippen molar-refractivity contribution < 1.29 is 4.57 Å². The Bertz CT molecular complexity index is 1170. The molecular weight excluding hydrogens is 408 g/mol. The van der Waals surface area contributed by atoms with E-state index < -0.39 is 0 Å². The second kappa shape index (κ2) is 10.3. The summed E-state index contributed by atoms with van der Waals surface area (Å²) in [6.07, 6.45) is 18.0. The number of hydrogen-bond acceptors (Lipinski definition) is 2. The van der Waals surface area contributed by atoms with E-state index in [2.05, 4.69) is 104 Å². The lowest BCUT2D eigenvalue weighted by atomic mass is 9.95. The Balaban J connectivity index is 1.64. The molecule has 0 atom stereocenters. The minimum absolute atomic E-state index is 0.966. The summed E-state index contributed by atoms with van der Waals surface area (Å²) in [6, 6.07) is 13.1. The Kier molecular flexibility index (Phi) is 7.26. The molecule has 0 N–H and O–H groups in total. The number of allylic oxidation sites excluding steroid dienone is 3. The first-order valence-corrected chi connectivity index (χ1v) is 12.7. The maximum absolute atomic E-state index is 2.45. The smallest absolute Gasteiger partial charge is 0.262 e. The van der Waals surface area contributed by atoms with E-state index in [1.807, 2.05) is 11.3 Å². The number of fused-ring (bicyclic) bond motifs is 1. The number of rotatable bonds is 6. The van der Waals surface area contributed by atoms with E-state index in [1.165, 1.54) is 69.7 Å². The van der Waals surface area contributed by atoms with Crippen LogP contribution in [0, 0.1) is 13.8 Å². The van der Waals surface area contributed by atoms with Gasteiger partial charge in [-0.1, -0.05) is 53.7 Å². The minimum Gasteiger partial charge on any atom is -0.351 e. The first-order valence-electron chi connectivity index (χ1n) is 11.9. The molecule has 1 fully saturated rings. The zero-order valence-corrected chi connectivity index (χ0v) is 20.7. The van der Waals surface area contributed by atoms with Gasteiger partial charge in [-0.25, -0.2) is 0 Å². The van der Waals surface area contributed by atoms with Crippen molar-refractivity contribution in [2.24, 2.45) is 0 Å². The van der Waals surface area contributed by atoms with E-state index >= 15 is 0 Å². The molecule has 3 aromatic rings. The lowest BCUT2D eigenvalue weighted by Gasteiger charge is -2.18. The van der Waals surface area contributed by atoms with Crippen molar-refractivity contribution in [1.82, 2.24) is 0 Å². The largest absolute Gasteiger partial charge is 0.351 e. The molecule has 1 aliphatic carbocycles. The van der Waals surface area contributed by atoms with Gasteiger partial charge in [-0.15, -0.1) is 0 Å². The van der Waals surface area contributed by atoms with Crippen LogP contribution in [0.3, 0.4) is 0 Å². The number of hydrogen-bond donors (Lipinski definition) is 0. The van der Waals surface area contributed by atoms with Gasteiger partial charge in [0.15, 0.2) is 0 Å². The third-order valence-electron chi connectivity index (χ3n) is 6.60. The molecule has 0 saturated heterocycles. The number of anilines is 1. The van der Waals surface area contributed by atoms with Gasteiger partial charge in [0.25, 0.3) is 5.01 Å². The zero-order valence-electron chi connectivity index (χ0n) is 19.9. The highest BCUT2D eigenvalue weighted by Gasteiger charge is 2.19. The summed E-state index contributed by atoms with van der Waals surface area (Å²) in [5, 5.41) is 1.32. The monoisotopic (exact) mass is 443 g/mol. The Labute approximate surface area is 197 Å². The van der Waals surface area contributed by atoms with Gasteiger partial charge in [0.05, 0.1) is 0 Å². The molecule has 1 aromatic heterocycles. The number of para-hydroxylation sites is 1. The lowest BCUT2D eigenvalue weighted by molar-refractivity contribution is -0.665. The van der Waals surface area contributed by atoms with Crippen molar-refractivity contribution in [3.8, 4) is 0 Å². The molecule has 0 bridgehead atoms. The summed E-state index contributed by atoms with van der Waals surface area (Å²) in [5.41, 5.74) is 8.11. The van der Waals surface area contributed by atoms with Gasteiger partial charge in [-0.2, -0.15) is 4.57 Å². The van der Waals surface area contributed by atoms with Gasteiger partial charge in [-0.05, 0) is 81.9 Å². The zero-order chi connectivity index (χ0) is 22.5. The quantitative estimate of drug-likeness (QED) is 0.352. The van der Waals surface area contributed by atoms with Crippen LogP contribution in [0.2, 0.25) is 0 Å². The Hall–Kier alpha value is -2.65. The van der Waals surface area contributed by atoms with E-state index in [0.29, 0.717) is 0 Å². The number of aryl methyl sites for hydroxylation is 2. The number of aromatic nitrogens is 1. The number of thiazole rings is 1. The normalized spacial score (nSPS) is 14.7. The molecule has 1 heterocycles. The fourth-order valence-electron chi connectivity index (χ4n) is 4.59. The van der Waals surface area contributed by atoms with Gasteiger partial charge >= 0.3 is 0 Å². The average molecular weight is 444 g/mol. The van der Waals surface area contributed by atoms with Crippen molar-refractivity contribution in [3.05, 3.63) is 82.0 Å². The molecular formula is C29H35N2S+. The Morgan fingerprint density at radius 2 is 1.78 bits per heavy atom. The van der Waals surface area contributed by atoms with Crippen LogP contribution >= 0.6 is 11.3 Å². The summed E-state index contributed by atoms with van der Waals surface area (Å²) in [5.74, 6) is 0. The molecule has 3 heteroatoms. The number of benzene rings is 2. The predicted molar refractivity (Wildman–Crippen MR) is 141 cm³/mol. The first kappa shape index (κ1) is 22.5. The molecule has 4 rings (SSSR count). The standard InChI is InChI=1S/C29H35N2S/c1-5-31-28(19-10-15-24-13-7-6-8-14-24)32-27-18-11-16-25(29(27)31)20-21-30(4)26-17-9-12-22(2)23(26)3/h9-12,15-21H,5-8,13-14H2,1-4H3/q+1. The van der Waals surface area contributed by atoms with Crippen LogP contribution in [0.1, 0.15) is 60.7 Å². The Morgan fingerprint density at radius 3 is 2.56 bits per heavy atom. The summed E-state index contributed by atoms with van der Waals surface area (Å²) in [7, 11) is 2.13. The van der Waals surface area contributed by atoms with Crippen molar-refractivity contribution in [2.45, 2.75) is 59.4 Å². The molecule has 1 aliphatic rings. The molecule has 0 spiro atoms. The fourth-order valence-corrected chi connectivity index (χ4v) is 5.76. The van der Waals surface area contributed by atoms with Crippen LogP contribution in [0.25, 0.3) is 22.4 Å². The fraction of sp³-hybridized carbons (Fsp3) is 0.345. The third kappa shape index (κ3) is 4.88. The molecule has 166 valence electrons. The first-order chi connectivity index (χ1) is 15.6. The van der Waals surface area contributed by atoms with Crippen LogP contribution in [0.4, 0.5) is 5.69 Å². The van der Waals surface area contributed by atoms with Crippen LogP contribution in [0.15, 0.2) is 60.3 Å². The predicted octanol–water partition coefficient (Wildman–Crippen LogP) is 7.84. The van der Waals surface area contributed by atoms with E-state index in [0.717, 1.165) is 6.54 Å². The van der Waals surface area contributed by atoms with Crippen LogP contribution in [-0.2, 0) is 6.54 Å². The second-order valence-corrected chi connectivity index (χ2v) is 9.83. The summed E-state index contributed by atoms with van der Waals surface area (Å²) < 4.78 is 3.79. The lowest BCUT2D eigenvalue weighted by Crippen LogP contribution is -2.34. The highest BCUT2D eigenvalue weighted by atomic mass is 32.1. The van der Waals surface area contributed by atoms with Crippen molar-refractivity contribution in [1.29, 1.82) is 0 Å². The van der Waals surface area contributed by atoms with Gasteiger partial charge < -0.3 is 4.90 Å². The van der Waals surface area contributed by atoms with Gasteiger partial charge in [0.1, 0.15) is 11.2 Å². The third-order valence-corrected chi connectivity index (χ3v) is 7.71. The molecule has 0 amide bonds. The van der Waals surface area contributed by atoms with Crippen LogP contribution < -0.4 is 9.47 Å². The van der Waals surface area contributed by atoms with Gasteiger partial charge in [-0.3, -0.25) is 0 Å². The minimum atomic E-state index is 0.966. The van der Waals surface area contributed by atoms with E-state index in [1.54, 1.807) is 5.57 Å². The topological polar surface area (TPSA) is 7.12 Å². The molecule has 0 unspecified atom stereocenters. The molecule has 0 radical (unpaired) electrons. The van der Waals surface area contributed by atoms with Crippen LogP contribution in [-0.4, -0.2) is 7.05 Å². The highest BCUT2D eigenvalue weighted by Crippen LogP contribution is 2.27. The second-order valence-electron chi connectivity index (χ2n) is 8.77. The van der Waals surface area contributed by atoms with Crippen molar-refractivity contribution in [2.75, 3.05) is 11.9 Å². The van der Waals surface area contributed by atoms with E-state index in [9.17, 15) is 0 Å². The summed E-state index contributed by atoms with van der Waals surface area (Å²) in [6.45, 7) is 7.58. The van der Waals surface area contributed by atoms with Crippen molar-refractivity contribution in [3.63, 3.8) is 0 Å². The molecule has 2 nitrogen and oxygen atoms in total. The highest BCUT2D eigenvalue weighted by molar-refractivity contribution is 7.18. The average Bonchev–Trinajstić information content (AvgIpc) is 3.18. The molecule has 2 aromatic carbocycles. The van der Waals surface area contributed by atoms with E-state index in [4.69, 9.17) is 0 Å². The molecule has 32 heavy (non-hydrogen) atoms.